The fourth-order valence-corrected chi connectivity index (χ4v) is 1.79. The Balaban J connectivity index is 2.11. The van der Waals surface area contributed by atoms with Crippen molar-refractivity contribution in [1.82, 2.24) is 0 Å². The Labute approximate surface area is 121 Å². The van der Waals surface area contributed by atoms with Gasteiger partial charge in [0.2, 0.25) is 0 Å². The molecule has 0 aliphatic heterocycles. The van der Waals surface area contributed by atoms with Crippen LogP contribution in [0.4, 0.5) is 0 Å². The summed E-state index contributed by atoms with van der Waals surface area (Å²) in [5, 5.41) is 9.93. The zero-order valence-electron chi connectivity index (χ0n) is 12.5. The summed E-state index contributed by atoms with van der Waals surface area (Å²) in [7, 11) is 0. The first-order valence-corrected chi connectivity index (χ1v) is 7.22. The molecule has 1 aromatic carbocycles. The van der Waals surface area contributed by atoms with E-state index in [2.05, 4.69) is 13.8 Å². The molecule has 0 fully saturated rings. The Morgan fingerprint density at radius 2 is 1.65 bits per heavy atom. The summed E-state index contributed by atoms with van der Waals surface area (Å²) in [6, 6.07) is 9.61. The van der Waals surface area contributed by atoms with E-state index in [1.54, 1.807) is 0 Å². The molecule has 0 saturated heterocycles. The standard InChI is InChI=1S/C16H27NO3/c1-13(2)11-19-8-9-20-12-16(18)15(17)10-14-6-4-3-5-7-14/h3-7,13,15-16,18H,8-12,17H2,1-2H3. The van der Waals surface area contributed by atoms with Crippen LogP contribution >= 0.6 is 0 Å². The molecule has 4 heteroatoms. The van der Waals surface area contributed by atoms with Gasteiger partial charge in [-0.1, -0.05) is 44.2 Å². The highest BCUT2D eigenvalue weighted by molar-refractivity contribution is 5.16. The highest BCUT2D eigenvalue weighted by Crippen LogP contribution is 2.05. The third-order valence-electron chi connectivity index (χ3n) is 2.92. The van der Waals surface area contributed by atoms with Gasteiger partial charge in [-0.15, -0.1) is 0 Å². The Kier molecular flexibility index (Phi) is 8.46. The maximum absolute atomic E-state index is 9.93. The fourth-order valence-electron chi connectivity index (χ4n) is 1.79. The van der Waals surface area contributed by atoms with E-state index >= 15 is 0 Å². The summed E-state index contributed by atoms with van der Waals surface area (Å²) in [6.45, 7) is 6.24. The Morgan fingerprint density at radius 3 is 2.25 bits per heavy atom. The van der Waals surface area contributed by atoms with Crippen LogP contribution in [0.2, 0.25) is 0 Å². The monoisotopic (exact) mass is 281 g/mol. The molecule has 0 aliphatic carbocycles. The minimum absolute atomic E-state index is 0.249. The van der Waals surface area contributed by atoms with E-state index in [0.29, 0.717) is 25.6 Å². The van der Waals surface area contributed by atoms with Gasteiger partial charge in [-0.05, 0) is 17.9 Å². The number of nitrogens with two attached hydrogens (primary N) is 1. The lowest BCUT2D eigenvalue weighted by atomic mass is 10.0. The third kappa shape index (κ3) is 7.60. The zero-order valence-corrected chi connectivity index (χ0v) is 12.5. The first kappa shape index (κ1) is 17.1. The van der Waals surface area contributed by atoms with Crippen molar-refractivity contribution in [1.29, 1.82) is 0 Å². The molecule has 0 spiro atoms. The van der Waals surface area contributed by atoms with Gasteiger partial charge < -0.3 is 20.3 Å². The quantitative estimate of drug-likeness (QED) is 0.640. The van der Waals surface area contributed by atoms with Crippen molar-refractivity contribution in [2.24, 2.45) is 11.7 Å². The molecule has 2 unspecified atom stereocenters. The van der Waals surface area contributed by atoms with E-state index < -0.39 is 6.10 Å². The minimum Gasteiger partial charge on any atom is -0.389 e. The molecule has 0 heterocycles. The molecule has 0 radical (unpaired) electrons. The van der Waals surface area contributed by atoms with Crippen LogP contribution in [-0.2, 0) is 15.9 Å². The van der Waals surface area contributed by atoms with Crippen LogP contribution in [0.3, 0.4) is 0 Å². The fraction of sp³-hybridized carbons (Fsp3) is 0.625. The van der Waals surface area contributed by atoms with Gasteiger partial charge in [0.15, 0.2) is 0 Å². The SMILES string of the molecule is CC(C)COCCOCC(O)C(N)Cc1ccccc1. The van der Waals surface area contributed by atoms with Crippen molar-refractivity contribution in [3.05, 3.63) is 35.9 Å². The molecule has 0 aromatic heterocycles. The van der Waals surface area contributed by atoms with Crippen LogP contribution in [0.5, 0.6) is 0 Å². The maximum Gasteiger partial charge on any atom is 0.0927 e. The molecule has 1 rings (SSSR count). The Morgan fingerprint density at radius 1 is 1.05 bits per heavy atom. The largest absolute Gasteiger partial charge is 0.389 e. The van der Waals surface area contributed by atoms with Crippen LogP contribution in [-0.4, -0.2) is 43.7 Å². The summed E-state index contributed by atoms with van der Waals surface area (Å²) < 4.78 is 10.8. The van der Waals surface area contributed by atoms with Gasteiger partial charge in [0.25, 0.3) is 0 Å². The number of rotatable bonds is 10. The van der Waals surface area contributed by atoms with Gasteiger partial charge in [-0.2, -0.15) is 0 Å². The van der Waals surface area contributed by atoms with Crippen molar-refractivity contribution < 1.29 is 14.6 Å². The van der Waals surface area contributed by atoms with Gasteiger partial charge in [-0.25, -0.2) is 0 Å². The van der Waals surface area contributed by atoms with Crippen molar-refractivity contribution >= 4 is 0 Å². The average molecular weight is 281 g/mol. The van der Waals surface area contributed by atoms with E-state index in [-0.39, 0.29) is 12.6 Å². The first-order chi connectivity index (χ1) is 9.59. The molecule has 3 N–H and O–H groups in total. The molecule has 114 valence electrons. The molecule has 4 nitrogen and oxygen atoms in total. The molecular weight excluding hydrogens is 254 g/mol. The summed E-state index contributed by atoms with van der Waals surface area (Å²) >= 11 is 0. The van der Waals surface area contributed by atoms with Gasteiger partial charge in [0.05, 0.1) is 25.9 Å². The lowest BCUT2D eigenvalue weighted by Gasteiger charge is -2.19. The number of ether oxygens (including phenoxy) is 2. The molecule has 2 atom stereocenters. The topological polar surface area (TPSA) is 64.7 Å². The number of hydrogen-bond donors (Lipinski definition) is 2. The molecule has 1 aromatic rings. The summed E-state index contributed by atoms with van der Waals surface area (Å²) in [6.07, 6.45) is -0.00446. The molecule has 0 bridgehead atoms. The van der Waals surface area contributed by atoms with E-state index in [0.717, 1.165) is 12.2 Å². The van der Waals surface area contributed by atoms with Gasteiger partial charge >= 0.3 is 0 Å². The second-order valence-corrected chi connectivity index (χ2v) is 5.46. The Hall–Kier alpha value is -0.940. The van der Waals surface area contributed by atoms with Gasteiger partial charge in [0, 0.05) is 12.6 Å². The summed E-state index contributed by atoms with van der Waals surface area (Å²) in [4.78, 5) is 0. The van der Waals surface area contributed by atoms with Crippen molar-refractivity contribution in [2.45, 2.75) is 32.4 Å². The highest BCUT2D eigenvalue weighted by atomic mass is 16.5. The van der Waals surface area contributed by atoms with Gasteiger partial charge in [-0.3, -0.25) is 0 Å². The van der Waals surface area contributed by atoms with Crippen molar-refractivity contribution in [3.63, 3.8) is 0 Å². The Bertz CT molecular complexity index is 343. The second kappa shape index (κ2) is 9.88. The molecule has 0 amide bonds. The van der Waals surface area contributed by atoms with E-state index in [9.17, 15) is 5.11 Å². The summed E-state index contributed by atoms with van der Waals surface area (Å²) in [5.74, 6) is 0.528. The number of aliphatic hydroxyl groups excluding tert-OH is 1. The average Bonchev–Trinajstić information content (AvgIpc) is 2.43. The lowest BCUT2D eigenvalue weighted by Crippen LogP contribution is -2.39. The number of benzene rings is 1. The highest BCUT2D eigenvalue weighted by Gasteiger charge is 2.15. The van der Waals surface area contributed by atoms with Crippen LogP contribution in [0.25, 0.3) is 0 Å². The molecule has 0 saturated carbocycles. The van der Waals surface area contributed by atoms with Crippen molar-refractivity contribution in [3.8, 4) is 0 Å². The first-order valence-electron chi connectivity index (χ1n) is 7.22. The second-order valence-electron chi connectivity index (χ2n) is 5.46. The molecular formula is C16H27NO3. The van der Waals surface area contributed by atoms with Crippen molar-refractivity contribution in [2.75, 3.05) is 26.4 Å². The lowest BCUT2D eigenvalue weighted by molar-refractivity contribution is -0.00777. The third-order valence-corrected chi connectivity index (χ3v) is 2.92. The van der Waals surface area contributed by atoms with Crippen LogP contribution in [0.15, 0.2) is 30.3 Å². The predicted molar refractivity (Wildman–Crippen MR) is 80.6 cm³/mol. The molecule has 20 heavy (non-hydrogen) atoms. The van der Waals surface area contributed by atoms with Gasteiger partial charge in [0.1, 0.15) is 0 Å². The van der Waals surface area contributed by atoms with Crippen LogP contribution < -0.4 is 5.73 Å². The normalized spacial score (nSPS) is 14.4. The van der Waals surface area contributed by atoms with E-state index in [4.69, 9.17) is 15.2 Å². The zero-order chi connectivity index (χ0) is 14.8. The van der Waals surface area contributed by atoms with E-state index in [1.165, 1.54) is 0 Å². The number of aliphatic hydroxyl groups is 1. The maximum atomic E-state index is 9.93. The number of hydrogen-bond acceptors (Lipinski definition) is 4. The van der Waals surface area contributed by atoms with Crippen LogP contribution in [0, 0.1) is 5.92 Å². The van der Waals surface area contributed by atoms with E-state index in [1.807, 2.05) is 30.3 Å². The minimum atomic E-state index is -0.652. The molecule has 0 aliphatic rings. The smallest absolute Gasteiger partial charge is 0.0927 e. The predicted octanol–water partition coefficient (Wildman–Crippen LogP) is 1.61. The summed E-state index contributed by atoms with van der Waals surface area (Å²) in [5.41, 5.74) is 7.09. The van der Waals surface area contributed by atoms with Crippen LogP contribution in [0.1, 0.15) is 19.4 Å².